The van der Waals surface area contributed by atoms with Gasteiger partial charge in [0.15, 0.2) is 0 Å². The topological polar surface area (TPSA) is 69.6 Å². The summed E-state index contributed by atoms with van der Waals surface area (Å²) >= 11 is 0. The van der Waals surface area contributed by atoms with Crippen LogP contribution in [0.3, 0.4) is 0 Å². The quantitative estimate of drug-likeness (QED) is 0.383. The third-order valence-corrected chi connectivity index (χ3v) is 4.64. The highest BCUT2D eigenvalue weighted by Gasteiger charge is 2.19. The fourth-order valence-corrected chi connectivity index (χ4v) is 2.99. The minimum Gasteiger partial charge on any atom is -0.480 e. The predicted molar refractivity (Wildman–Crippen MR) is 104 cm³/mol. The summed E-state index contributed by atoms with van der Waals surface area (Å²) in [5.41, 5.74) is 0. The molecule has 1 unspecified atom stereocenters. The lowest BCUT2D eigenvalue weighted by Gasteiger charge is -2.19. The summed E-state index contributed by atoms with van der Waals surface area (Å²) in [4.78, 5) is 24.5. The molecule has 5 heteroatoms. The highest BCUT2D eigenvalue weighted by molar-refractivity contribution is 5.76. The van der Waals surface area contributed by atoms with Gasteiger partial charge in [-0.1, -0.05) is 64.7 Å². The van der Waals surface area contributed by atoms with Gasteiger partial charge in [-0.15, -0.1) is 0 Å². The Morgan fingerprint density at radius 2 is 1.40 bits per heavy atom. The Morgan fingerprint density at radius 1 is 0.880 bits per heavy atom. The molecule has 5 nitrogen and oxygen atoms in total. The zero-order chi connectivity index (χ0) is 18.9. The van der Waals surface area contributed by atoms with Gasteiger partial charge in [-0.2, -0.15) is 0 Å². The van der Waals surface area contributed by atoms with Crippen molar-refractivity contribution in [2.75, 3.05) is 20.6 Å². The van der Waals surface area contributed by atoms with Crippen LogP contribution in [0.2, 0.25) is 0 Å². The average molecular weight is 357 g/mol. The molecule has 0 aromatic carbocycles. The van der Waals surface area contributed by atoms with Gasteiger partial charge in [0.05, 0.1) is 0 Å². The summed E-state index contributed by atoms with van der Waals surface area (Å²) in [6.07, 6.45) is 14.4. The molecule has 148 valence electrons. The summed E-state index contributed by atoms with van der Waals surface area (Å²) in [5, 5.41) is 12.0. The van der Waals surface area contributed by atoms with Crippen LogP contribution < -0.4 is 5.32 Å². The van der Waals surface area contributed by atoms with Crippen LogP contribution in [-0.2, 0) is 9.59 Å². The first-order valence-electron chi connectivity index (χ1n) is 10.1. The number of likely N-dealkylation sites (N-methyl/N-ethyl adjacent to an activating group) is 1. The second kappa shape index (κ2) is 16.4. The molecule has 25 heavy (non-hydrogen) atoms. The first kappa shape index (κ1) is 23.9. The fourth-order valence-electron chi connectivity index (χ4n) is 2.99. The number of amides is 1. The summed E-state index contributed by atoms with van der Waals surface area (Å²) < 4.78 is 0. The normalized spacial score (nSPS) is 12.3. The molecule has 0 radical (unpaired) electrons. The SMILES string of the molecule is CCCCCCCCCCCCNC(=O)CCCC(C(=O)O)N(C)C. The molecule has 0 bridgehead atoms. The van der Waals surface area contributed by atoms with E-state index in [-0.39, 0.29) is 5.91 Å². The fraction of sp³-hybridized carbons (Fsp3) is 0.900. The molecule has 1 atom stereocenters. The highest BCUT2D eigenvalue weighted by atomic mass is 16.4. The van der Waals surface area contributed by atoms with Crippen LogP contribution in [0.4, 0.5) is 0 Å². The standard InChI is InChI=1S/C20H40N2O3/c1-4-5-6-7-8-9-10-11-12-13-17-21-19(23)16-14-15-18(20(24)25)22(2)3/h18H,4-17H2,1-3H3,(H,21,23)(H,24,25). The van der Waals surface area contributed by atoms with Gasteiger partial charge < -0.3 is 10.4 Å². The summed E-state index contributed by atoms with van der Waals surface area (Å²) in [6.45, 7) is 2.99. The zero-order valence-corrected chi connectivity index (χ0v) is 16.7. The summed E-state index contributed by atoms with van der Waals surface area (Å²) in [6, 6.07) is -0.505. The van der Waals surface area contributed by atoms with E-state index in [1.165, 1.54) is 57.8 Å². The minimum atomic E-state index is -0.823. The van der Waals surface area contributed by atoms with E-state index in [2.05, 4.69) is 12.2 Å². The average Bonchev–Trinajstić information content (AvgIpc) is 2.55. The third-order valence-electron chi connectivity index (χ3n) is 4.64. The highest BCUT2D eigenvalue weighted by Crippen LogP contribution is 2.10. The lowest BCUT2D eigenvalue weighted by atomic mass is 10.1. The molecule has 0 saturated heterocycles. The van der Waals surface area contributed by atoms with Crippen molar-refractivity contribution in [3.8, 4) is 0 Å². The van der Waals surface area contributed by atoms with Crippen LogP contribution in [-0.4, -0.2) is 48.6 Å². The number of rotatable bonds is 17. The van der Waals surface area contributed by atoms with Gasteiger partial charge >= 0.3 is 5.97 Å². The first-order valence-corrected chi connectivity index (χ1v) is 10.1. The lowest BCUT2D eigenvalue weighted by Crippen LogP contribution is -2.35. The van der Waals surface area contributed by atoms with Gasteiger partial charge in [0.25, 0.3) is 0 Å². The second-order valence-corrected chi connectivity index (χ2v) is 7.24. The summed E-state index contributed by atoms with van der Waals surface area (Å²) in [7, 11) is 3.51. The smallest absolute Gasteiger partial charge is 0.320 e. The molecule has 1 amide bonds. The molecule has 0 aromatic heterocycles. The van der Waals surface area contributed by atoms with Crippen molar-refractivity contribution in [3.05, 3.63) is 0 Å². The number of carboxylic acid groups (broad SMARTS) is 1. The minimum absolute atomic E-state index is 0.0406. The van der Waals surface area contributed by atoms with Crippen LogP contribution in [0, 0.1) is 0 Å². The van der Waals surface area contributed by atoms with E-state index in [1.807, 2.05) is 0 Å². The molecule has 0 fully saturated rings. The van der Waals surface area contributed by atoms with Gasteiger partial charge in [-0.25, -0.2) is 0 Å². The number of aliphatic carboxylic acids is 1. The molecule has 0 heterocycles. The Bertz CT molecular complexity index is 346. The number of nitrogens with zero attached hydrogens (tertiary/aromatic N) is 1. The van der Waals surface area contributed by atoms with Crippen LogP contribution in [0.15, 0.2) is 0 Å². The van der Waals surface area contributed by atoms with Crippen molar-refractivity contribution in [1.82, 2.24) is 10.2 Å². The van der Waals surface area contributed by atoms with Gasteiger partial charge in [-0.05, 0) is 33.4 Å². The molecular weight excluding hydrogens is 316 g/mol. The van der Waals surface area contributed by atoms with E-state index < -0.39 is 12.0 Å². The Hall–Kier alpha value is -1.10. The van der Waals surface area contributed by atoms with Crippen LogP contribution in [0.5, 0.6) is 0 Å². The lowest BCUT2D eigenvalue weighted by molar-refractivity contribution is -0.142. The largest absolute Gasteiger partial charge is 0.480 e. The number of carbonyl (C=O) groups excluding carboxylic acids is 1. The molecule has 0 saturated carbocycles. The van der Waals surface area contributed by atoms with E-state index in [4.69, 9.17) is 5.11 Å². The molecular formula is C20H40N2O3. The van der Waals surface area contributed by atoms with E-state index in [9.17, 15) is 9.59 Å². The molecule has 0 rings (SSSR count). The number of unbranched alkanes of at least 4 members (excludes halogenated alkanes) is 9. The monoisotopic (exact) mass is 356 g/mol. The van der Waals surface area contributed by atoms with E-state index >= 15 is 0 Å². The Morgan fingerprint density at radius 3 is 1.88 bits per heavy atom. The van der Waals surface area contributed by atoms with Crippen LogP contribution in [0.25, 0.3) is 0 Å². The number of carbonyl (C=O) groups is 2. The zero-order valence-electron chi connectivity index (χ0n) is 16.7. The number of hydrogen-bond acceptors (Lipinski definition) is 3. The van der Waals surface area contributed by atoms with Crippen LogP contribution >= 0.6 is 0 Å². The second-order valence-electron chi connectivity index (χ2n) is 7.24. The maximum atomic E-state index is 11.8. The molecule has 0 spiro atoms. The van der Waals surface area contributed by atoms with Gasteiger partial charge in [0.1, 0.15) is 6.04 Å². The van der Waals surface area contributed by atoms with Crippen molar-refractivity contribution >= 4 is 11.9 Å². The van der Waals surface area contributed by atoms with Crippen molar-refractivity contribution < 1.29 is 14.7 Å². The molecule has 0 aromatic rings. The maximum Gasteiger partial charge on any atom is 0.320 e. The van der Waals surface area contributed by atoms with Gasteiger partial charge in [-0.3, -0.25) is 14.5 Å². The third kappa shape index (κ3) is 14.9. The first-order chi connectivity index (χ1) is 12.0. The Balaban J connectivity index is 3.43. The number of hydrogen-bond donors (Lipinski definition) is 2. The van der Waals surface area contributed by atoms with Gasteiger partial charge in [0, 0.05) is 13.0 Å². The Labute approximate surface area is 154 Å². The molecule has 0 aliphatic carbocycles. The number of nitrogens with one attached hydrogen (secondary N) is 1. The molecule has 0 aliphatic heterocycles. The van der Waals surface area contributed by atoms with Crippen molar-refractivity contribution in [2.45, 2.75) is 96.4 Å². The van der Waals surface area contributed by atoms with Crippen molar-refractivity contribution in [3.63, 3.8) is 0 Å². The summed E-state index contributed by atoms with van der Waals surface area (Å²) in [5.74, 6) is -0.783. The molecule has 2 N–H and O–H groups in total. The maximum absolute atomic E-state index is 11.8. The van der Waals surface area contributed by atoms with E-state index in [0.717, 1.165) is 13.0 Å². The van der Waals surface area contributed by atoms with Crippen molar-refractivity contribution in [1.29, 1.82) is 0 Å². The van der Waals surface area contributed by atoms with Crippen molar-refractivity contribution in [2.24, 2.45) is 0 Å². The molecule has 0 aliphatic rings. The van der Waals surface area contributed by atoms with Crippen LogP contribution in [0.1, 0.15) is 90.4 Å². The predicted octanol–water partition coefficient (Wildman–Crippen LogP) is 4.21. The van der Waals surface area contributed by atoms with E-state index in [1.54, 1.807) is 19.0 Å². The van der Waals surface area contributed by atoms with E-state index in [0.29, 0.717) is 19.3 Å². The Kier molecular flexibility index (Phi) is 15.7. The number of carboxylic acids is 1. The van der Waals surface area contributed by atoms with Gasteiger partial charge in [0.2, 0.25) is 5.91 Å².